The van der Waals surface area contributed by atoms with Gasteiger partial charge in [0.05, 0.1) is 13.0 Å². The Hall–Kier alpha value is -2.56. The van der Waals surface area contributed by atoms with E-state index in [1.165, 1.54) is 0 Å². The van der Waals surface area contributed by atoms with Gasteiger partial charge in [-0.05, 0) is 12.1 Å². The average molecular weight is 314 g/mol. The molecule has 0 bridgehead atoms. The van der Waals surface area contributed by atoms with Crippen LogP contribution < -0.4 is 9.64 Å². The summed E-state index contributed by atoms with van der Waals surface area (Å²) in [6.45, 7) is 8.63. The number of hydrogen-bond acceptors (Lipinski definition) is 3. The molecule has 1 saturated heterocycles. The lowest BCUT2D eigenvalue weighted by Crippen LogP contribution is -2.37. The van der Waals surface area contributed by atoms with Crippen molar-refractivity contribution in [1.29, 1.82) is 0 Å². The molecule has 1 fully saturated rings. The number of methoxy groups -OCH3 is 1. The molecule has 0 aromatic heterocycles. The molecule has 0 aliphatic carbocycles. The number of amides is 2. The fraction of sp³-hybridized carbons (Fsp3) is 0.333. The van der Waals surface area contributed by atoms with Gasteiger partial charge < -0.3 is 14.5 Å². The Kier molecular flexibility index (Phi) is 5.57. The summed E-state index contributed by atoms with van der Waals surface area (Å²) in [4.78, 5) is 28.2. The zero-order chi connectivity index (χ0) is 16.8. The zero-order valence-electron chi connectivity index (χ0n) is 13.4. The highest BCUT2D eigenvalue weighted by Gasteiger charge is 2.36. The quantitative estimate of drug-likeness (QED) is 0.725. The van der Waals surface area contributed by atoms with E-state index in [1.54, 1.807) is 35.1 Å². The largest absolute Gasteiger partial charge is 0.497 e. The maximum Gasteiger partial charge on any atom is 0.228 e. The third-order valence-corrected chi connectivity index (χ3v) is 3.85. The van der Waals surface area contributed by atoms with Gasteiger partial charge in [0.1, 0.15) is 5.75 Å². The van der Waals surface area contributed by atoms with Crippen LogP contribution in [0.25, 0.3) is 0 Å². The molecule has 122 valence electrons. The lowest BCUT2D eigenvalue weighted by molar-refractivity contribution is -0.134. The van der Waals surface area contributed by atoms with Crippen LogP contribution in [-0.4, -0.2) is 43.5 Å². The van der Waals surface area contributed by atoms with Crippen LogP contribution in [0, 0.1) is 5.92 Å². The van der Waals surface area contributed by atoms with Gasteiger partial charge in [0.2, 0.25) is 11.8 Å². The van der Waals surface area contributed by atoms with Gasteiger partial charge in [0, 0.05) is 37.8 Å². The van der Waals surface area contributed by atoms with Crippen LogP contribution in [0.4, 0.5) is 5.69 Å². The molecule has 0 unspecified atom stereocenters. The first kappa shape index (κ1) is 16.8. The van der Waals surface area contributed by atoms with Crippen molar-refractivity contribution in [3.8, 4) is 5.75 Å². The Morgan fingerprint density at radius 2 is 2.09 bits per heavy atom. The van der Waals surface area contributed by atoms with E-state index in [0.717, 1.165) is 5.69 Å². The van der Waals surface area contributed by atoms with E-state index in [-0.39, 0.29) is 24.2 Å². The van der Waals surface area contributed by atoms with E-state index in [0.29, 0.717) is 25.4 Å². The van der Waals surface area contributed by atoms with Crippen molar-refractivity contribution in [2.75, 3.05) is 31.6 Å². The summed E-state index contributed by atoms with van der Waals surface area (Å²) >= 11 is 0. The van der Waals surface area contributed by atoms with Crippen LogP contribution in [0.2, 0.25) is 0 Å². The van der Waals surface area contributed by atoms with E-state index in [4.69, 9.17) is 4.74 Å². The van der Waals surface area contributed by atoms with E-state index >= 15 is 0 Å². The van der Waals surface area contributed by atoms with Crippen molar-refractivity contribution in [2.24, 2.45) is 5.92 Å². The monoisotopic (exact) mass is 314 g/mol. The minimum Gasteiger partial charge on any atom is -0.497 e. The third-order valence-electron chi connectivity index (χ3n) is 3.85. The summed E-state index contributed by atoms with van der Waals surface area (Å²) in [5.74, 6) is 0.260. The molecule has 1 aliphatic heterocycles. The predicted octanol–water partition coefficient (Wildman–Crippen LogP) is 2.25. The summed E-state index contributed by atoms with van der Waals surface area (Å²) in [6, 6.07) is 7.30. The van der Waals surface area contributed by atoms with Crippen LogP contribution in [-0.2, 0) is 9.59 Å². The highest BCUT2D eigenvalue weighted by molar-refractivity contribution is 6.00. The standard InChI is InChI=1S/C18H22N2O3/c1-4-9-19(10-5-2)18(22)14-11-17(21)20(13-14)15-7-6-8-16(12-15)23-3/h4-8,12,14H,1-2,9-11,13H2,3H3/t14-/m1/s1. The van der Waals surface area contributed by atoms with Crippen molar-refractivity contribution < 1.29 is 14.3 Å². The second-order valence-corrected chi connectivity index (χ2v) is 5.43. The Labute approximate surface area is 136 Å². The molecule has 0 spiro atoms. The van der Waals surface area contributed by atoms with Crippen molar-refractivity contribution in [1.82, 2.24) is 4.90 Å². The maximum atomic E-state index is 12.6. The Balaban J connectivity index is 2.13. The number of ether oxygens (including phenoxy) is 1. The van der Waals surface area contributed by atoms with Crippen LogP contribution in [0.3, 0.4) is 0 Å². The molecule has 1 atom stereocenters. The van der Waals surface area contributed by atoms with Gasteiger partial charge in [-0.15, -0.1) is 13.2 Å². The number of hydrogen-bond donors (Lipinski definition) is 0. The number of benzene rings is 1. The molecule has 1 aromatic rings. The van der Waals surface area contributed by atoms with Crippen LogP contribution >= 0.6 is 0 Å². The third kappa shape index (κ3) is 3.80. The highest BCUT2D eigenvalue weighted by atomic mass is 16.5. The molecule has 0 N–H and O–H groups in total. The molecule has 2 amide bonds. The average Bonchev–Trinajstić information content (AvgIpc) is 2.96. The van der Waals surface area contributed by atoms with E-state index in [2.05, 4.69) is 13.2 Å². The molecular weight excluding hydrogens is 292 g/mol. The minimum absolute atomic E-state index is 0.0384. The van der Waals surface area contributed by atoms with Crippen molar-refractivity contribution >= 4 is 17.5 Å². The molecule has 5 nitrogen and oxygen atoms in total. The SMILES string of the molecule is C=CCN(CC=C)C(=O)[C@@H]1CC(=O)N(c2cccc(OC)c2)C1. The minimum atomic E-state index is -0.339. The molecular formula is C18H22N2O3. The van der Waals surface area contributed by atoms with Gasteiger partial charge in [0.15, 0.2) is 0 Å². The molecule has 1 heterocycles. The van der Waals surface area contributed by atoms with Crippen molar-refractivity contribution in [3.05, 3.63) is 49.6 Å². The molecule has 5 heteroatoms. The summed E-state index contributed by atoms with van der Waals surface area (Å²) in [7, 11) is 1.58. The van der Waals surface area contributed by atoms with Gasteiger partial charge in [-0.3, -0.25) is 9.59 Å². The number of rotatable bonds is 7. The number of nitrogens with zero attached hydrogens (tertiary/aromatic N) is 2. The highest BCUT2D eigenvalue weighted by Crippen LogP contribution is 2.28. The Bertz CT molecular complexity index is 602. The second kappa shape index (κ2) is 7.63. The van der Waals surface area contributed by atoms with E-state index in [9.17, 15) is 9.59 Å². The van der Waals surface area contributed by atoms with Crippen molar-refractivity contribution in [3.63, 3.8) is 0 Å². The molecule has 23 heavy (non-hydrogen) atoms. The smallest absolute Gasteiger partial charge is 0.228 e. The van der Waals surface area contributed by atoms with Gasteiger partial charge in [0.25, 0.3) is 0 Å². The van der Waals surface area contributed by atoms with Gasteiger partial charge in [-0.25, -0.2) is 0 Å². The summed E-state index contributed by atoms with van der Waals surface area (Å²) in [5.41, 5.74) is 0.753. The zero-order valence-corrected chi connectivity index (χ0v) is 13.4. The Morgan fingerprint density at radius 1 is 1.39 bits per heavy atom. The predicted molar refractivity (Wildman–Crippen MR) is 90.4 cm³/mol. The van der Waals surface area contributed by atoms with Crippen LogP contribution in [0.15, 0.2) is 49.6 Å². The van der Waals surface area contributed by atoms with Gasteiger partial charge >= 0.3 is 0 Å². The molecule has 0 saturated carbocycles. The molecule has 1 aromatic carbocycles. The van der Waals surface area contributed by atoms with Gasteiger partial charge in [-0.2, -0.15) is 0 Å². The number of anilines is 1. The topological polar surface area (TPSA) is 49.9 Å². The summed E-state index contributed by atoms with van der Waals surface area (Å²) in [5, 5.41) is 0. The second-order valence-electron chi connectivity index (χ2n) is 5.43. The van der Waals surface area contributed by atoms with E-state index in [1.807, 2.05) is 18.2 Å². The lowest BCUT2D eigenvalue weighted by Gasteiger charge is -2.23. The summed E-state index contributed by atoms with van der Waals surface area (Å²) < 4.78 is 5.19. The number of carbonyl (C=O) groups excluding carboxylic acids is 2. The first-order valence-electron chi connectivity index (χ1n) is 7.55. The maximum absolute atomic E-state index is 12.6. The lowest BCUT2D eigenvalue weighted by atomic mass is 10.1. The van der Waals surface area contributed by atoms with Crippen LogP contribution in [0.5, 0.6) is 5.75 Å². The number of carbonyl (C=O) groups is 2. The fourth-order valence-corrected chi connectivity index (χ4v) is 2.73. The first-order valence-corrected chi connectivity index (χ1v) is 7.55. The molecule has 1 aliphatic rings. The Morgan fingerprint density at radius 3 is 2.70 bits per heavy atom. The summed E-state index contributed by atoms with van der Waals surface area (Å²) in [6.07, 6.45) is 3.58. The molecule has 0 radical (unpaired) electrons. The van der Waals surface area contributed by atoms with Gasteiger partial charge in [-0.1, -0.05) is 18.2 Å². The molecule has 2 rings (SSSR count). The van der Waals surface area contributed by atoms with Crippen molar-refractivity contribution in [2.45, 2.75) is 6.42 Å². The normalized spacial score (nSPS) is 17.0. The van der Waals surface area contributed by atoms with E-state index < -0.39 is 0 Å². The first-order chi connectivity index (χ1) is 11.1. The fourth-order valence-electron chi connectivity index (χ4n) is 2.73. The van der Waals surface area contributed by atoms with Crippen LogP contribution in [0.1, 0.15) is 6.42 Å².